The van der Waals surface area contributed by atoms with Gasteiger partial charge in [0.1, 0.15) is 17.3 Å². The first kappa shape index (κ1) is 10.7. The highest BCUT2D eigenvalue weighted by Crippen LogP contribution is 2.11. The highest BCUT2D eigenvalue weighted by Gasteiger charge is 2.00. The van der Waals surface area contributed by atoms with Gasteiger partial charge in [0.15, 0.2) is 0 Å². The van der Waals surface area contributed by atoms with Crippen LogP contribution in [-0.4, -0.2) is 4.98 Å². The predicted octanol–water partition coefficient (Wildman–Crippen LogP) is 3.16. The fourth-order valence-corrected chi connectivity index (χ4v) is 1.52. The molecular formula is C13H16N2O. The maximum absolute atomic E-state index is 5.59. The molecule has 2 aromatic rings. The predicted molar refractivity (Wildman–Crippen MR) is 64.4 cm³/mol. The molecule has 2 rings (SSSR count). The van der Waals surface area contributed by atoms with E-state index in [0.717, 1.165) is 23.8 Å². The number of aromatic nitrogens is 1. The van der Waals surface area contributed by atoms with Crippen molar-refractivity contribution in [1.82, 2.24) is 4.98 Å². The monoisotopic (exact) mass is 216 g/mol. The molecule has 3 heteroatoms. The molecule has 0 saturated heterocycles. The Morgan fingerprint density at radius 1 is 1.25 bits per heavy atom. The molecule has 0 amide bonds. The first-order valence-electron chi connectivity index (χ1n) is 5.52. The van der Waals surface area contributed by atoms with Crippen molar-refractivity contribution in [2.45, 2.75) is 26.8 Å². The minimum Gasteiger partial charge on any atom is -0.464 e. The zero-order valence-electron chi connectivity index (χ0n) is 9.66. The van der Waals surface area contributed by atoms with Gasteiger partial charge >= 0.3 is 0 Å². The van der Waals surface area contributed by atoms with Crippen molar-refractivity contribution >= 4 is 5.82 Å². The minimum absolute atomic E-state index is 0.677. The Hall–Kier alpha value is -1.77. The second-order valence-electron chi connectivity index (χ2n) is 3.79. The van der Waals surface area contributed by atoms with E-state index in [0.29, 0.717) is 6.54 Å². The van der Waals surface area contributed by atoms with Crippen LogP contribution in [0.4, 0.5) is 5.82 Å². The summed E-state index contributed by atoms with van der Waals surface area (Å²) in [6.45, 7) is 4.81. The third-order valence-electron chi connectivity index (χ3n) is 2.42. The second-order valence-corrected chi connectivity index (χ2v) is 3.79. The zero-order chi connectivity index (χ0) is 11.4. The number of aryl methyl sites for hydroxylation is 2. The lowest BCUT2D eigenvalue weighted by Gasteiger charge is -2.03. The lowest BCUT2D eigenvalue weighted by molar-refractivity contribution is 0.476. The van der Waals surface area contributed by atoms with Crippen molar-refractivity contribution < 1.29 is 4.42 Å². The molecule has 0 unspecified atom stereocenters. The van der Waals surface area contributed by atoms with Crippen LogP contribution in [0.3, 0.4) is 0 Å². The number of nitrogens with zero attached hydrogens (tertiary/aromatic N) is 1. The Labute approximate surface area is 95.5 Å². The molecule has 0 atom stereocenters. The van der Waals surface area contributed by atoms with Crippen molar-refractivity contribution in [1.29, 1.82) is 0 Å². The standard InChI is InChI=1S/C13H16N2O/c1-3-11-4-5-12(16-11)9-15-13-8-10(2)6-7-14-13/h4-8H,3,9H2,1-2H3,(H,14,15). The summed E-state index contributed by atoms with van der Waals surface area (Å²) in [5.74, 6) is 2.85. The lowest BCUT2D eigenvalue weighted by Crippen LogP contribution is -2.00. The van der Waals surface area contributed by atoms with E-state index in [2.05, 4.69) is 24.1 Å². The van der Waals surface area contributed by atoms with Gasteiger partial charge in [0, 0.05) is 12.6 Å². The van der Waals surface area contributed by atoms with Crippen LogP contribution in [0.1, 0.15) is 24.0 Å². The number of anilines is 1. The van der Waals surface area contributed by atoms with Crippen molar-refractivity contribution in [3.05, 3.63) is 47.5 Å². The molecule has 0 saturated carbocycles. The van der Waals surface area contributed by atoms with Crippen LogP contribution < -0.4 is 5.32 Å². The smallest absolute Gasteiger partial charge is 0.126 e. The summed E-state index contributed by atoms with van der Waals surface area (Å²) in [4.78, 5) is 4.23. The Kier molecular flexibility index (Phi) is 3.25. The summed E-state index contributed by atoms with van der Waals surface area (Å²) in [6.07, 6.45) is 2.74. The second kappa shape index (κ2) is 4.84. The molecule has 0 radical (unpaired) electrons. The summed E-state index contributed by atoms with van der Waals surface area (Å²) in [5.41, 5.74) is 1.20. The molecule has 2 heterocycles. The first-order chi connectivity index (χ1) is 7.78. The van der Waals surface area contributed by atoms with E-state index in [1.807, 2.05) is 24.3 Å². The fourth-order valence-electron chi connectivity index (χ4n) is 1.52. The van der Waals surface area contributed by atoms with Gasteiger partial charge in [-0.3, -0.25) is 0 Å². The Morgan fingerprint density at radius 2 is 2.06 bits per heavy atom. The molecule has 0 spiro atoms. The molecular weight excluding hydrogens is 200 g/mol. The van der Waals surface area contributed by atoms with Crippen molar-refractivity contribution in [2.24, 2.45) is 0 Å². The van der Waals surface area contributed by atoms with E-state index in [4.69, 9.17) is 4.42 Å². The minimum atomic E-state index is 0.677. The van der Waals surface area contributed by atoms with Crippen LogP contribution in [0, 0.1) is 6.92 Å². The molecule has 16 heavy (non-hydrogen) atoms. The van der Waals surface area contributed by atoms with Gasteiger partial charge in [-0.05, 0) is 36.8 Å². The highest BCUT2D eigenvalue weighted by molar-refractivity contribution is 5.37. The third kappa shape index (κ3) is 2.63. The van der Waals surface area contributed by atoms with Crippen LogP contribution in [0.15, 0.2) is 34.9 Å². The van der Waals surface area contributed by atoms with E-state index in [9.17, 15) is 0 Å². The average molecular weight is 216 g/mol. The van der Waals surface area contributed by atoms with Gasteiger partial charge in [0.25, 0.3) is 0 Å². The zero-order valence-corrected chi connectivity index (χ0v) is 9.66. The molecule has 1 N–H and O–H groups in total. The maximum atomic E-state index is 5.59. The van der Waals surface area contributed by atoms with Gasteiger partial charge < -0.3 is 9.73 Å². The Morgan fingerprint density at radius 3 is 2.75 bits per heavy atom. The number of furan rings is 1. The normalized spacial score (nSPS) is 10.4. The van der Waals surface area contributed by atoms with Gasteiger partial charge in [0.05, 0.1) is 6.54 Å². The molecule has 0 aliphatic heterocycles. The van der Waals surface area contributed by atoms with Gasteiger partial charge in [-0.2, -0.15) is 0 Å². The summed E-state index contributed by atoms with van der Waals surface area (Å²) in [7, 11) is 0. The first-order valence-corrected chi connectivity index (χ1v) is 5.52. The van der Waals surface area contributed by atoms with Crippen LogP contribution in [0.5, 0.6) is 0 Å². The van der Waals surface area contributed by atoms with Crippen molar-refractivity contribution in [2.75, 3.05) is 5.32 Å². The largest absolute Gasteiger partial charge is 0.464 e. The molecule has 0 fully saturated rings. The van der Waals surface area contributed by atoms with E-state index in [-0.39, 0.29) is 0 Å². The molecule has 0 aliphatic carbocycles. The quantitative estimate of drug-likeness (QED) is 0.853. The molecule has 0 bridgehead atoms. The maximum Gasteiger partial charge on any atom is 0.126 e. The van der Waals surface area contributed by atoms with E-state index in [1.54, 1.807) is 6.20 Å². The Bertz CT molecular complexity index is 462. The van der Waals surface area contributed by atoms with E-state index < -0.39 is 0 Å². The third-order valence-corrected chi connectivity index (χ3v) is 2.42. The van der Waals surface area contributed by atoms with E-state index >= 15 is 0 Å². The lowest BCUT2D eigenvalue weighted by atomic mass is 10.3. The number of nitrogens with one attached hydrogen (secondary N) is 1. The number of rotatable bonds is 4. The topological polar surface area (TPSA) is 38.1 Å². The van der Waals surface area contributed by atoms with Crippen LogP contribution in [0.2, 0.25) is 0 Å². The Balaban J connectivity index is 1.96. The molecule has 3 nitrogen and oxygen atoms in total. The molecule has 84 valence electrons. The van der Waals surface area contributed by atoms with Gasteiger partial charge in [-0.1, -0.05) is 6.92 Å². The summed E-state index contributed by atoms with van der Waals surface area (Å²) >= 11 is 0. The molecule has 2 aromatic heterocycles. The van der Waals surface area contributed by atoms with Crippen LogP contribution in [0.25, 0.3) is 0 Å². The molecule has 0 aromatic carbocycles. The highest BCUT2D eigenvalue weighted by atomic mass is 16.3. The number of hydrogen-bond donors (Lipinski definition) is 1. The number of pyridine rings is 1. The van der Waals surface area contributed by atoms with Gasteiger partial charge in [-0.25, -0.2) is 4.98 Å². The van der Waals surface area contributed by atoms with E-state index in [1.165, 1.54) is 5.56 Å². The fraction of sp³-hybridized carbons (Fsp3) is 0.308. The summed E-state index contributed by atoms with van der Waals surface area (Å²) in [6, 6.07) is 8.01. The SMILES string of the molecule is CCc1ccc(CNc2cc(C)ccn2)o1. The number of hydrogen-bond acceptors (Lipinski definition) is 3. The van der Waals surface area contributed by atoms with Crippen LogP contribution >= 0.6 is 0 Å². The molecule has 0 aliphatic rings. The van der Waals surface area contributed by atoms with Crippen molar-refractivity contribution in [3.8, 4) is 0 Å². The summed E-state index contributed by atoms with van der Waals surface area (Å²) in [5, 5.41) is 3.23. The van der Waals surface area contributed by atoms with Gasteiger partial charge in [0.2, 0.25) is 0 Å². The van der Waals surface area contributed by atoms with Crippen molar-refractivity contribution in [3.63, 3.8) is 0 Å². The van der Waals surface area contributed by atoms with Crippen LogP contribution in [-0.2, 0) is 13.0 Å². The average Bonchev–Trinajstić information content (AvgIpc) is 2.74. The van der Waals surface area contributed by atoms with Gasteiger partial charge in [-0.15, -0.1) is 0 Å². The summed E-state index contributed by atoms with van der Waals surface area (Å²) < 4.78 is 5.59.